The van der Waals surface area contributed by atoms with Crippen LogP contribution in [0.5, 0.6) is 0 Å². The summed E-state index contributed by atoms with van der Waals surface area (Å²) in [7, 11) is 0. The molecule has 0 aliphatic carbocycles. The number of nitrogens with zero attached hydrogens (tertiary/aromatic N) is 3. The van der Waals surface area contributed by atoms with Crippen molar-refractivity contribution in [3.63, 3.8) is 0 Å². The molecule has 1 fully saturated rings. The van der Waals surface area contributed by atoms with Crippen molar-refractivity contribution in [2.45, 2.75) is 39.2 Å². The predicted molar refractivity (Wildman–Crippen MR) is 137 cm³/mol. The quantitative estimate of drug-likeness (QED) is 0.483. The van der Waals surface area contributed by atoms with Gasteiger partial charge in [0.05, 0.1) is 28.5 Å². The second-order valence-electron chi connectivity index (χ2n) is 8.58. The normalized spacial score (nSPS) is 18.4. The predicted octanol–water partition coefficient (Wildman–Crippen LogP) is 4.04. The van der Waals surface area contributed by atoms with E-state index in [1.165, 1.54) is 17.8 Å². The molecule has 1 atom stereocenters. The van der Waals surface area contributed by atoms with Gasteiger partial charge in [-0.15, -0.1) is 0 Å². The van der Waals surface area contributed by atoms with Crippen LogP contribution in [0.3, 0.4) is 0 Å². The molecule has 1 aromatic carbocycles. The maximum Gasteiger partial charge on any atom is 0.338 e. The summed E-state index contributed by atoms with van der Waals surface area (Å²) < 4.78 is 13.4. The summed E-state index contributed by atoms with van der Waals surface area (Å²) in [4.78, 5) is 33.9. The van der Waals surface area contributed by atoms with Gasteiger partial charge in [0.2, 0.25) is 0 Å². The number of furan rings is 1. The van der Waals surface area contributed by atoms with Crippen LogP contribution in [0.2, 0.25) is 5.02 Å². The van der Waals surface area contributed by atoms with Gasteiger partial charge >= 0.3 is 5.97 Å². The fraction of sp³-hybridized carbons (Fsp3) is 0.346. The lowest BCUT2D eigenvalue weighted by Gasteiger charge is -2.25. The minimum atomic E-state index is -0.662. The van der Waals surface area contributed by atoms with Crippen molar-refractivity contribution < 1.29 is 13.9 Å². The van der Waals surface area contributed by atoms with E-state index in [-0.39, 0.29) is 12.2 Å². The number of aromatic nitrogens is 1. The molecule has 0 bridgehead atoms. The van der Waals surface area contributed by atoms with Gasteiger partial charge < -0.3 is 14.1 Å². The van der Waals surface area contributed by atoms with Crippen LogP contribution >= 0.6 is 22.9 Å². The third-order valence-corrected chi connectivity index (χ3v) is 7.49. The van der Waals surface area contributed by atoms with E-state index in [0.29, 0.717) is 31.4 Å². The van der Waals surface area contributed by atoms with E-state index in [0.717, 1.165) is 37.4 Å². The van der Waals surface area contributed by atoms with Crippen molar-refractivity contribution in [3.05, 3.63) is 83.7 Å². The van der Waals surface area contributed by atoms with Crippen molar-refractivity contribution in [2.75, 3.05) is 24.6 Å². The Hall–Kier alpha value is -3.10. The number of esters is 1. The number of ether oxygens (including phenoxy) is 1. The van der Waals surface area contributed by atoms with Gasteiger partial charge in [-0.05, 0) is 56.9 Å². The lowest BCUT2D eigenvalue weighted by Crippen LogP contribution is -2.39. The zero-order valence-corrected chi connectivity index (χ0v) is 21.2. The molecule has 9 heteroatoms. The summed E-state index contributed by atoms with van der Waals surface area (Å²) in [6.07, 6.45) is 5.30. The van der Waals surface area contributed by atoms with E-state index in [4.69, 9.17) is 20.8 Å². The van der Waals surface area contributed by atoms with Gasteiger partial charge in [0.15, 0.2) is 10.7 Å². The van der Waals surface area contributed by atoms with Crippen molar-refractivity contribution in [1.29, 1.82) is 0 Å². The standard InChI is InChI=1S/C26H26ClN3O4S/c1-3-33-25(32)22-16(2)28-26-30(23(22)17-7-9-18(27)10-8-17)24(31)20(35-26)15-19-11-12-21(34-19)29-13-5-4-6-14-29/h7-12,15,23H,3-6,13-14H2,1-2H3/b20-15+/t23-/m0/s1. The van der Waals surface area contributed by atoms with E-state index in [1.807, 2.05) is 24.3 Å². The molecule has 4 heterocycles. The highest BCUT2D eigenvalue weighted by atomic mass is 35.5. The average molecular weight is 512 g/mol. The minimum absolute atomic E-state index is 0.227. The Balaban J connectivity index is 1.60. The van der Waals surface area contributed by atoms with Crippen molar-refractivity contribution >= 4 is 40.9 Å². The Labute approximate surface area is 211 Å². The van der Waals surface area contributed by atoms with Gasteiger partial charge in [-0.2, -0.15) is 0 Å². The molecule has 35 heavy (non-hydrogen) atoms. The van der Waals surface area contributed by atoms with Gasteiger partial charge in [0.1, 0.15) is 5.76 Å². The summed E-state index contributed by atoms with van der Waals surface area (Å²) >= 11 is 7.38. The van der Waals surface area contributed by atoms with Gasteiger partial charge in [0, 0.05) is 30.3 Å². The Morgan fingerprint density at radius 3 is 2.66 bits per heavy atom. The summed E-state index contributed by atoms with van der Waals surface area (Å²) in [5, 5.41) is 0.571. The number of thiazole rings is 1. The molecule has 1 saturated heterocycles. The first-order valence-corrected chi connectivity index (χ1v) is 13.0. The highest BCUT2D eigenvalue weighted by molar-refractivity contribution is 7.07. The minimum Gasteiger partial charge on any atom is -0.463 e. The van der Waals surface area contributed by atoms with Gasteiger partial charge in [0.25, 0.3) is 5.56 Å². The number of halogens is 1. The summed E-state index contributed by atoms with van der Waals surface area (Å²) in [6, 6.07) is 10.3. The zero-order valence-electron chi connectivity index (χ0n) is 19.6. The molecular weight excluding hydrogens is 486 g/mol. The maximum absolute atomic E-state index is 13.6. The lowest BCUT2D eigenvalue weighted by atomic mass is 9.96. The molecule has 0 radical (unpaired) electrons. The Morgan fingerprint density at radius 1 is 1.20 bits per heavy atom. The highest BCUT2D eigenvalue weighted by Crippen LogP contribution is 2.31. The van der Waals surface area contributed by atoms with Crippen LogP contribution in [0, 0.1) is 0 Å². The summed E-state index contributed by atoms with van der Waals surface area (Å²) in [5.74, 6) is 0.948. The topological polar surface area (TPSA) is 77.0 Å². The Kier molecular flexibility index (Phi) is 6.67. The van der Waals surface area contributed by atoms with E-state index >= 15 is 0 Å². The molecule has 0 amide bonds. The molecule has 0 unspecified atom stereocenters. The first-order valence-electron chi connectivity index (χ1n) is 11.8. The second-order valence-corrected chi connectivity index (χ2v) is 10.0. The molecule has 2 aliphatic rings. The molecule has 3 aromatic rings. The number of benzene rings is 1. The number of allylic oxidation sites excluding steroid dienone is 1. The highest BCUT2D eigenvalue weighted by Gasteiger charge is 2.33. The number of piperidine rings is 1. The van der Waals surface area contributed by atoms with Crippen LogP contribution in [-0.4, -0.2) is 30.2 Å². The van der Waals surface area contributed by atoms with Crippen molar-refractivity contribution in [3.8, 4) is 0 Å². The third-order valence-electron chi connectivity index (χ3n) is 6.26. The number of hydrogen-bond donors (Lipinski definition) is 0. The maximum atomic E-state index is 13.6. The molecule has 182 valence electrons. The second kappa shape index (κ2) is 9.87. The Morgan fingerprint density at radius 2 is 1.94 bits per heavy atom. The molecule has 7 nitrogen and oxygen atoms in total. The average Bonchev–Trinajstić information content (AvgIpc) is 3.44. The van der Waals surface area contributed by atoms with Crippen molar-refractivity contribution in [1.82, 2.24) is 4.57 Å². The van der Waals surface area contributed by atoms with Crippen LogP contribution in [-0.2, 0) is 9.53 Å². The molecule has 0 saturated carbocycles. The van der Waals surface area contributed by atoms with Crippen LogP contribution in [0.4, 0.5) is 5.88 Å². The van der Waals surface area contributed by atoms with Gasteiger partial charge in [-0.3, -0.25) is 9.36 Å². The van der Waals surface area contributed by atoms with E-state index in [9.17, 15) is 9.59 Å². The molecule has 0 spiro atoms. The SMILES string of the molecule is CCOC(=O)C1=C(C)N=c2s/c(=C/c3ccc(N4CCCCC4)o3)c(=O)n2[C@H]1c1ccc(Cl)cc1. The monoisotopic (exact) mass is 511 g/mol. The van der Waals surface area contributed by atoms with Crippen LogP contribution in [0.15, 0.2) is 61.9 Å². The number of rotatable bonds is 5. The molecular formula is C26H26ClN3O4S. The number of carbonyl (C=O) groups is 1. The third kappa shape index (κ3) is 4.60. The summed E-state index contributed by atoms with van der Waals surface area (Å²) in [6.45, 7) is 5.70. The van der Waals surface area contributed by atoms with E-state index in [2.05, 4.69) is 9.89 Å². The van der Waals surface area contributed by atoms with Gasteiger partial charge in [-0.1, -0.05) is 35.1 Å². The number of hydrogen-bond acceptors (Lipinski definition) is 7. The van der Waals surface area contributed by atoms with Crippen LogP contribution in [0.1, 0.15) is 50.5 Å². The fourth-order valence-electron chi connectivity index (χ4n) is 4.59. The smallest absolute Gasteiger partial charge is 0.338 e. The number of fused-ring (bicyclic) bond motifs is 1. The van der Waals surface area contributed by atoms with Crippen molar-refractivity contribution in [2.24, 2.45) is 4.99 Å². The summed E-state index contributed by atoms with van der Waals surface area (Å²) in [5.41, 5.74) is 1.39. The van der Waals surface area contributed by atoms with E-state index in [1.54, 1.807) is 36.6 Å². The lowest BCUT2D eigenvalue weighted by molar-refractivity contribution is -0.139. The molecule has 2 aromatic heterocycles. The zero-order chi connectivity index (χ0) is 24.5. The Bertz CT molecular complexity index is 1460. The van der Waals surface area contributed by atoms with Crippen LogP contribution < -0.4 is 19.8 Å². The fourth-order valence-corrected chi connectivity index (χ4v) is 5.74. The molecule has 5 rings (SSSR count). The first kappa shape index (κ1) is 23.6. The first-order chi connectivity index (χ1) is 17.0. The number of anilines is 1. The molecule has 2 aliphatic heterocycles. The number of carbonyl (C=O) groups excluding carboxylic acids is 1. The van der Waals surface area contributed by atoms with Gasteiger partial charge in [-0.25, -0.2) is 9.79 Å². The largest absolute Gasteiger partial charge is 0.463 e. The van der Waals surface area contributed by atoms with Crippen LogP contribution in [0.25, 0.3) is 6.08 Å². The van der Waals surface area contributed by atoms with E-state index < -0.39 is 12.0 Å². The molecule has 0 N–H and O–H groups in total.